The fraction of sp³-hybridized carbons (Fsp3) is 0.250. The molecule has 0 radical (unpaired) electrons. The number of nitro groups is 1. The van der Waals surface area contributed by atoms with Crippen LogP contribution in [-0.2, 0) is 0 Å². The summed E-state index contributed by atoms with van der Waals surface area (Å²) < 4.78 is 13.5. The molecule has 0 saturated heterocycles. The smallest absolute Gasteiger partial charge is 0.274 e. The lowest BCUT2D eigenvalue weighted by atomic mass is 10.0. The minimum atomic E-state index is -0.616. The zero-order chi connectivity index (χ0) is 15.2. The van der Waals surface area contributed by atoms with Crippen LogP contribution in [0, 0.1) is 15.9 Å². The molecule has 2 aromatic rings. The van der Waals surface area contributed by atoms with Crippen molar-refractivity contribution in [2.75, 3.05) is 5.32 Å². The number of nitro benzene ring substituents is 1. The van der Waals surface area contributed by atoms with E-state index in [1.54, 1.807) is 0 Å². The van der Waals surface area contributed by atoms with Crippen LogP contribution >= 0.6 is 0 Å². The lowest BCUT2D eigenvalue weighted by molar-refractivity contribution is -0.385. The summed E-state index contributed by atoms with van der Waals surface area (Å²) in [5, 5.41) is 14.0. The van der Waals surface area contributed by atoms with E-state index in [9.17, 15) is 14.5 Å². The summed E-state index contributed by atoms with van der Waals surface area (Å²) in [6, 6.07) is 13.3. The Labute approximate surface area is 122 Å². The Kier molecular flexibility index (Phi) is 4.87. The molecular formula is C16H17FN2O2. The van der Waals surface area contributed by atoms with E-state index >= 15 is 0 Å². The number of non-ortho nitro benzene ring substituents is 1. The van der Waals surface area contributed by atoms with Gasteiger partial charge < -0.3 is 5.32 Å². The van der Waals surface area contributed by atoms with E-state index in [1.165, 1.54) is 12.1 Å². The zero-order valence-corrected chi connectivity index (χ0v) is 11.8. The average molecular weight is 288 g/mol. The van der Waals surface area contributed by atoms with Crippen molar-refractivity contribution in [1.82, 2.24) is 0 Å². The van der Waals surface area contributed by atoms with E-state index in [0.29, 0.717) is 5.69 Å². The summed E-state index contributed by atoms with van der Waals surface area (Å²) in [6.07, 6.45) is 1.80. The lowest BCUT2D eigenvalue weighted by Crippen LogP contribution is -2.10. The van der Waals surface area contributed by atoms with Crippen molar-refractivity contribution in [2.24, 2.45) is 0 Å². The van der Waals surface area contributed by atoms with Crippen LogP contribution in [0.5, 0.6) is 0 Å². The summed E-state index contributed by atoms with van der Waals surface area (Å²) in [5.41, 5.74) is 1.25. The third kappa shape index (κ3) is 4.02. The van der Waals surface area contributed by atoms with Crippen LogP contribution < -0.4 is 5.32 Å². The van der Waals surface area contributed by atoms with Gasteiger partial charge >= 0.3 is 0 Å². The molecule has 0 saturated carbocycles. The predicted molar refractivity (Wildman–Crippen MR) is 80.8 cm³/mol. The molecule has 0 spiro atoms. The van der Waals surface area contributed by atoms with Gasteiger partial charge in [0.15, 0.2) is 0 Å². The molecule has 0 bridgehead atoms. The highest BCUT2D eigenvalue weighted by atomic mass is 19.1. The molecule has 0 aromatic heterocycles. The molecule has 1 unspecified atom stereocenters. The molecule has 0 amide bonds. The topological polar surface area (TPSA) is 55.2 Å². The number of halogens is 1. The van der Waals surface area contributed by atoms with Crippen LogP contribution in [-0.4, -0.2) is 4.92 Å². The number of hydrogen-bond donors (Lipinski definition) is 1. The van der Waals surface area contributed by atoms with Gasteiger partial charge in [-0.2, -0.15) is 0 Å². The van der Waals surface area contributed by atoms with Crippen molar-refractivity contribution in [3.63, 3.8) is 0 Å². The van der Waals surface area contributed by atoms with Gasteiger partial charge in [-0.05, 0) is 18.1 Å². The fourth-order valence-electron chi connectivity index (χ4n) is 2.26. The first-order valence-electron chi connectivity index (χ1n) is 6.86. The molecule has 21 heavy (non-hydrogen) atoms. The van der Waals surface area contributed by atoms with Crippen molar-refractivity contribution >= 4 is 11.4 Å². The number of benzene rings is 2. The number of anilines is 1. The van der Waals surface area contributed by atoms with E-state index in [-0.39, 0.29) is 11.7 Å². The molecule has 1 atom stereocenters. The van der Waals surface area contributed by atoms with Gasteiger partial charge in [-0.15, -0.1) is 0 Å². The Balaban J connectivity index is 2.27. The molecular weight excluding hydrogens is 271 g/mol. The summed E-state index contributed by atoms with van der Waals surface area (Å²) in [5.74, 6) is -0.616. The average Bonchev–Trinajstić information content (AvgIpc) is 2.47. The molecule has 2 rings (SSSR count). The first-order valence-corrected chi connectivity index (χ1v) is 6.86. The quantitative estimate of drug-likeness (QED) is 0.620. The highest BCUT2D eigenvalue weighted by molar-refractivity contribution is 5.53. The van der Waals surface area contributed by atoms with Gasteiger partial charge in [0, 0.05) is 11.8 Å². The highest BCUT2D eigenvalue weighted by Crippen LogP contribution is 2.27. The van der Waals surface area contributed by atoms with Crippen molar-refractivity contribution in [3.8, 4) is 0 Å². The summed E-state index contributed by atoms with van der Waals surface area (Å²) in [4.78, 5) is 10.2. The number of nitrogens with zero attached hydrogens (tertiary/aromatic N) is 1. The molecule has 5 heteroatoms. The van der Waals surface area contributed by atoms with E-state index in [1.807, 2.05) is 30.3 Å². The number of hydrogen-bond acceptors (Lipinski definition) is 3. The monoisotopic (exact) mass is 288 g/mol. The van der Waals surface area contributed by atoms with E-state index in [4.69, 9.17) is 0 Å². The van der Waals surface area contributed by atoms with Crippen LogP contribution in [0.1, 0.15) is 31.4 Å². The van der Waals surface area contributed by atoms with Crippen LogP contribution in [0.25, 0.3) is 0 Å². The minimum Gasteiger partial charge on any atom is -0.378 e. The second-order valence-electron chi connectivity index (χ2n) is 4.85. The first kappa shape index (κ1) is 15.0. The fourth-order valence-corrected chi connectivity index (χ4v) is 2.26. The van der Waals surface area contributed by atoms with Gasteiger partial charge in [0.25, 0.3) is 5.69 Å². The van der Waals surface area contributed by atoms with E-state index < -0.39 is 10.7 Å². The van der Waals surface area contributed by atoms with Crippen molar-refractivity contribution in [1.29, 1.82) is 0 Å². The Bertz CT molecular complexity index is 617. The summed E-state index contributed by atoms with van der Waals surface area (Å²) in [6.45, 7) is 2.06. The van der Waals surface area contributed by atoms with E-state index in [0.717, 1.165) is 24.5 Å². The molecule has 1 N–H and O–H groups in total. The van der Waals surface area contributed by atoms with Crippen molar-refractivity contribution < 1.29 is 9.31 Å². The van der Waals surface area contributed by atoms with Crippen LogP contribution in [0.2, 0.25) is 0 Å². The largest absolute Gasteiger partial charge is 0.378 e. The van der Waals surface area contributed by atoms with Crippen LogP contribution in [0.3, 0.4) is 0 Å². The van der Waals surface area contributed by atoms with Crippen molar-refractivity contribution in [2.45, 2.75) is 25.8 Å². The van der Waals surface area contributed by atoms with E-state index in [2.05, 4.69) is 12.2 Å². The van der Waals surface area contributed by atoms with Gasteiger partial charge in [0.1, 0.15) is 5.82 Å². The maximum Gasteiger partial charge on any atom is 0.274 e. The highest BCUT2D eigenvalue weighted by Gasteiger charge is 2.14. The summed E-state index contributed by atoms with van der Waals surface area (Å²) >= 11 is 0. The molecule has 4 nitrogen and oxygen atoms in total. The van der Waals surface area contributed by atoms with Gasteiger partial charge in [0.2, 0.25) is 0 Å². The molecule has 0 aliphatic heterocycles. The molecule has 0 aliphatic rings. The summed E-state index contributed by atoms with van der Waals surface area (Å²) in [7, 11) is 0. The SMILES string of the molecule is CCCC(Nc1cc(F)cc([N+](=O)[O-])c1)c1ccccc1. The second-order valence-corrected chi connectivity index (χ2v) is 4.85. The van der Waals surface area contributed by atoms with Gasteiger partial charge in [-0.3, -0.25) is 10.1 Å². The molecule has 2 aromatic carbocycles. The molecule has 0 heterocycles. The molecule has 0 aliphatic carbocycles. The van der Waals surface area contributed by atoms with Crippen LogP contribution in [0.15, 0.2) is 48.5 Å². The molecule has 0 fully saturated rings. The maximum absolute atomic E-state index is 13.5. The normalized spacial score (nSPS) is 11.9. The van der Waals surface area contributed by atoms with Gasteiger partial charge in [-0.25, -0.2) is 4.39 Å². The van der Waals surface area contributed by atoms with Crippen molar-refractivity contribution in [3.05, 3.63) is 70.0 Å². The molecule has 110 valence electrons. The first-order chi connectivity index (χ1) is 10.1. The third-order valence-corrected chi connectivity index (χ3v) is 3.21. The Hall–Kier alpha value is -2.43. The Morgan fingerprint density at radius 1 is 1.24 bits per heavy atom. The standard InChI is InChI=1S/C16H17FN2O2/c1-2-6-16(12-7-4-3-5-8-12)18-14-9-13(17)10-15(11-14)19(20)21/h3-5,7-11,16,18H,2,6H2,1H3. The van der Waals surface area contributed by atoms with Gasteiger partial charge in [-0.1, -0.05) is 43.7 Å². The zero-order valence-electron chi connectivity index (χ0n) is 11.8. The Morgan fingerprint density at radius 2 is 1.95 bits per heavy atom. The minimum absolute atomic E-state index is 0.00222. The maximum atomic E-state index is 13.5. The number of rotatable bonds is 6. The predicted octanol–water partition coefficient (Wildman–Crippen LogP) is 4.69. The number of nitrogens with one attached hydrogen (secondary N) is 1. The second kappa shape index (κ2) is 6.83. The van der Waals surface area contributed by atoms with Gasteiger partial charge in [0.05, 0.1) is 17.0 Å². The lowest BCUT2D eigenvalue weighted by Gasteiger charge is -2.20. The van der Waals surface area contributed by atoms with Crippen LogP contribution in [0.4, 0.5) is 15.8 Å². The third-order valence-electron chi connectivity index (χ3n) is 3.21. The Morgan fingerprint density at radius 3 is 2.57 bits per heavy atom.